The summed E-state index contributed by atoms with van der Waals surface area (Å²) in [5, 5.41) is 3.59. The van der Waals surface area contributed by atoms with E-state index in [1.54, 1.807) is 0 Å². The molecule has 30 heavy (non-hydrogen) atoms. The van der Waals surface area contributed by atoms with Crippen LogP contribution < -0.4 is 9.64 Å². The highest BCUT2D eigenvalue weighted by Crippen LogP contribution is 2.31. The number of piperazine rings is 1. The van der Waals surface area contributed by atoms with E-state index in [0.717, 1.165) is 63.5 Å². The highest BCUT2D eigenvalue weighted by molar-refractivity contribution is 7.17. The van der Waals surface area contributed by atoms with Gasteiger partial charge in [-0.3, -0.25) is 4.90 Å². The molecule has 3 heterocycles. The molecule has 1 saturated heterocycles. The fourth-order valence-corrected chi connectivity index (χ4v) is 5.07. The second kappa shape index (κ2) is 9.21. The Balaban J connectivity index is 1.01. The van der Waals surface area contributed by atoms with Gasteiger partial charge in [0.15, 0.2) is 0 Å². The topological polar surface area (TPSA) is 24.9 Å². The van der Waals surface area contributed by atoms with Gasteiger partial charge in [0, 0.05) is 47.5 Å². The van der Waals surface area contributed by atoms with Crippen LogP contribution in [-0.2, 0) is 4.74 Å². The van der Waals surface area contributed by atoms with Crippen LogP contribution in [0.25, 0.3) is 16.2 Å². The molecule has 5 heteroatoms. The molecule has 0 amide bonds. The van der Waals surface area contributed by atoms with Crippen LogP contribution in [-0.4, -0.2) is 50.5 Å². The van der Waals surface area contributed by atoms with Gasteiger partial charge in [-0.25, -0.2) is 0 Å². The maximum absolute atomic E-state index is 5.90. The number of nitrogens with zero attached hydrogens (tertiary/aromatic N) is 2. The summed E-state index contributed by atoms with van der Waals surface area (Å²) in [5.74, 6) is 0.904. The molecule has 1 unspecified atom stereocenters. The van der Waals surface area contributed by atoms with Crippen molar-refractivity contribution in [3.8, 4) is 5.75 Å². The van der Waals surface area contributed by atoms with E-state index in [4.69, 9.17) is 9.47 Å². The van der Waals surface area contributed by atoms with Crippen molar-refractivity contribution < 1.29 is 9.47 Å². The molecule has 0 spiro atoms. The molecule has 2 aliphatic rings. The number of anilines is 1. The third-order valence-corrected chi connectivity index (χ3v) is 6.81. The molecule has 2 aromatic carbocycles. The van der Waals surface area contributed by atoms with Gasteiger partial charge < -0.3 is 14.4 Å². The third kappa shape index (κ3) is 4.38. The molecule has 0 saturated carbocycles. The molecule has 0 aliphatic carbocycles. The fourth-order valence-electron chi connectivity index (χ4n) is 4.26. The Kier molecular flexibility index (Phi) is 6.02. The maximum Gasteiger partial charge on any atom is 0.220 e. The average Bonchev–Trinajstić information content (AvgIpc) is 3.28. The highest BCUT2D eigenvalue weighted by atomic mass is 32.1. The molecule has 1 aromatic heterocycles. The van der Waals surface area contributed by atoms with Crippen LogP contribution in [0.1, 0.15) is 18.4 Å². The first-order valence-corrected chi connectivity index (χ1v) is 11.7. The summed E-state index contributed by atoms with van der Waals surface area (Å²) in [4.78, 5) is 5.12. The Labute approximate surface area is 182 Å². The standard InChI is InChI=1S/C25H28N2O2S/c1-2-8-23-20(6-1)10-11-25(29-23)28-18-4-3-13-26-14-16-27(17-15-26)22-7-5-9-24-21(22)12-19-30-24/h1-2,5-12,19,25H,3-4,13-18H2. The SMILES string of the molecule is C1=CC(OCCCCN2CCN(c3cccc4sccc34)CC2)Oc2ccccc21. The van der Waals surface area contributed by atoms with Crippen LogP contribution >= 0.6 is 11.3 Å². The molecule has 2 aliphatic heterocycles. The van der Waals surface area contributed by atoms with Gasteiger partial charge in [0.25, 0.3) is 0 Å². The number of ether oxygens (including phenoxy) is 2. The van der Waals surface area contributed by atoms with Crippen LogP contribution in [0.2, 0.25) is 0 Å². The fraction of sp³-hybridized carbons (Fsp3) is 0.360. The lowest BCUT2D eigenvalue weighted by Crippen LogP contribution is -2.46. The predicted octanol–water partition coefficient (Wildman–Crippen LogP) is 5.25. The molecule has 0 bridgehead atoms. The monoisotopic (exact) mass is 420 g/mol. The average molecular weight is 421 g/mol. The summed E-state index contributed by atoms with van der Waals surface area (Å²) in [6.07, 6.45) is 6.04. The molecule has 1 fully saturated rings. The Morgan fingerprint density at radius 2 is 1.87 bits per heavy atom. The first kappa shape index (κ1) is 19.6. The first-order chi connectivity index (χ1) is 14.9. The van der Waals surface area contributed by atoms with Gasteiger partial charge in [0.2, 0.25) is 6.29 Å². The second-order valence-electron chi connectivity index (χ2n) is 7.90. The summed E-state index contributed by atoms with van der Waals surface area (Å²) >= 11 is 1.83. The van der Waals surface area contributed by atoms with Crippen molar-refractivity contribution in [1.82, 2.24) is 4.90 Å². The van der Waals surface area contributed by atoms with Crippen molar-refractivity contribution in [2.24, 2.45) is 0 Å². The maximum atomic E-state index is 5.90. The summed E-state index contributed by atoms with van der Waals surface area (Å²) in [6, 6.07) is 17.0. The zero-order valence-corrected chi connectivity index (χ0v) is 18.0. The Morgan fingerprint density at radius 3 is 2.80 bits per heavy atom. The van der Waals surface area contributed by atoms with E-state index in [9.17, 15) is 0 Å². The van der Waals surface area contributed by atoms with Crippen LogP contribution in [0.3, 0.4) is 0 Å². The van der Waals surface area contributed by atoms with E-state index in [-0.39, 0.29) is 6.29 Å². The van der Waals surface area contributed by atoms with E-state index >= 15 is 0 Å². The van der Waals surface area contributed by atoms with Crippen molar-refractivity contribution >= 4 is 33.2 Å². The number of para-hydroxylation sites is 1. The minimum absolute atomic E-state index is 0.261. The predicted molar refractivity (Wildman–Crippen MR) is 126 cm³/mol. The lowest BCUT2D eigenvalue weighted by molar-refractivity contribution is -0.0486. The summed E-state index contributed by atoms with van der Waals surface area (Å²) < 4.78 is 13.2. The lowest BCUT2D eigenvalue weighted by atomic mass is 10.1. The van der Waals surface area contributed by atoms with Gasteiger partial charge in [-0.2, -0.15) is 0 Å². The van der Waals surface area contributed by atoms with E-state index < -0.39 is 0 Å². The molecular formula is C25H28N2O2S. The van der Waals surface area contributed by atoms with Gasteiger partial charge in [0.1, 0.15) is 5.75 Å². The third-order valence-electron chi connectivity index (χ3n) is 5.93. The Bertz CT molecular complexity index is 1010. The summed E-state index contributed by atoms with van der Waals surface area (Å²) in [7, 11) is 0. The minimum Gasteiger partial charge on any atom is -0.461 e. The smallest absolute Gasteiger partial charge is 0.220 e. The first-order valence-electron chi connectivity index (χ1n) is 10.9. The van der Waals surface area contributed by atoms with Crippen molar-refractivity contribution in [3.05, 3.63) is 65.6 Å². The van der Waals surface area contributed by atoms with Crippen molar-refractivity contribution in [1.29, 1.82) is 0 Å². The largest absolute Gasteiger partial charge is 0.461 e. The minimum atomic E-state index is -0.261. The zero-order chi connectivity index (χ0) is 20.2. The van der Waals surface area contributed by atoms with Gasteiger partial charge in [-0.1, -0.05) is 24.3 Å². The number of hydrogen-bond acceptors (Lipinski definition) is 5. The Morgan fingerprint density at radius 1 is 0.967 bits per heavy atom. The molecule has 1 atom stereocenters. The van der Waals surface area contributed by atoms with Crippen LogP contribution in [0, 0.1) is 0 Å². The molecule has 5 rings (SSSR count). The molecule has 156 valence electrons. The molecule has 4 nitrogen and oxygen atoms in total. The zero-order valence-electron chi connectivity index (χ0n) is 17.2. The number of fused-ring (bicyclic) bond motifs is 2. The van der Waals surface area contributed by atoms with E-state index in [1.807, 2.05) is 35.6 Å². The van der Waals surface area contributed by atoms with Crippen LogP contribution in [0.5, 0.6) is 5.75 Å². The van der Waals surface area contributed by atoms with Crippen LogP contribution in [0.15, 0.2) is 60.0 Å². The lowest BCUT2D eigenvalue weighted by Gasteiger charge is -2.36. The van der Waals surface area contributed by atoms with Gasteiger partial charge >= 0.3 is 0 Å². The quantitative estimate of drug-likeness (QED) is 0.487. The normalized spacial score (nSPS) is 19.1. The number of rotatable bonds is 7. The van der Waals surface area contributed by atoms with Crippen molar-refractivity contribution in [2.45, 2.75) is 19.1 Å². The number of hydrogen-bond donors (Lipinski definition) is 0. The van der Waals surface area contributed by atoms with Crippen LogP contribution in [0.4, 0.5) is 5.69 Å². The van der Waals surface area contributed by atoms with Gasteiger partial charge in [-0.15, -0.1) is 11.3 Å². The number of benzene rings is 2. The number of thiophene rings is 1. The van der Waals surface area contributed by atoms with Gasteiger partial charge in [0.05, 0.1) is 6.61 Å². The highest BCUT2D eigenvalue weighted by Gasteiger charge is 2.19. The molecule has 0 radical (unpaired) electrons. The van der Waals surface area contributed by atoms with E-state index in [0.29, 0.717) is 0 Å². The van der Waals surface area contributed by atoms with E-state index in [1.165, 1.54) is 15.8 Å². The van der Waals surface area contributed by atoms with Crippen molar-refractivity contribution in [2.75, 3.05) is 44.2 Å². The molecule has 0 N–H and O–H groups in total. The number of unbranched alkanes of at least 4 members (excludes halogenated alkanes) is 1. The van der Waals surface area contributed by atoms with Gasteiger partial charge in [-0.05, 0) is 61.2 Å². The van der Waals surface area contributed by atoms with Crippen molar-refractivity contribution in [3.63, 3.8) is 0 Å². The van der Waals surface area contributed by atoms with E-state index in [2.05, 4.69) is 51.6 Å². The summed E-state index contributed by atoms with van der Waals surface area (Å²) in [6.45, 7) is 6.35. The summed E-state index contributed by atoms with van der Waals surface area (Å²) in [5.41, 5.74) is 2.51. The molecule has 3 aromatic rings. The Hall–Kier alpha value is -2.34. The molecular weight excluding hydrogens is 392 g/mol. The second-order valence-corrected chi connectivity index (χ2v) is 8.85.